The van der Waals surface area contributed by atoms with Gasteiger partial charge in [-0.05, 0) is 51.4 Å². The van der Waals surface area contributed by atoms with E-state index in [0.29, 0.717) is 30.2 Å². The molecule has 3 heterocycles. The minimum absolute atomic E-state index is 0.0128. The molecule has 2 aromatic heterocycles. The van der Waals surface area contributed by atoms with E-state index in [1.165, 1.54) is 12.8 Å². The Bertz CT molecular complexity index is 900. The highest BCUT2D eigenvalue weighted by atomic mass is 16.5. The molecule has 1 unspecified atom stereocenters. The molecule has 0 spiro atoms. The molecule has 1 aliphatic heterocycles. The highest BCUT2D eigenvalue weighted by Crippen LogP contribution is 2.33. The van der Waals surface area contributed by atoms with Crippen molar-refractivity contribution in [2.24, 2.45) is 11.8 Å². The van der Waals surface area contributed by atoms with Crippen LogP contribution in [-0.2, 0) is 11.3 Å². The molecular formula is C21H33N5O3. The first-order chi connectivity index (χ1) is 13.9. The van der Waals surface area contributed by atoms with E-state index < -0.39 is 0 Å². The summed E-state index contributed by atoms with van der Waals surface area (Å²) in [7, 11) is 0. The number of aromatic amines is 1. The molecule has 0 bridgehead atoms. The van der Waals surface area contributed by atoms with E-state index in [9.17, 15) is 4.79 Å². The Morgan fingerprint density at radius 3 is 2.79 bits per heavy atom. The van der Waals surface area contributed by atoms with Gasteiger partial charge in [-0.2, -0.15) is 9.97 Å². The maximum absolute atomic E-state index is 12.4. The fourth-order valence-electron chi connectivity index (χ4n) is 4.33. The van der Waals surface area contributed by atoms with Crippen LogP contribution in [0.5, 0.6) is 6.01 Å². The quantitative estimate of drug-likeness (QED) is 0.622. The van der Waals surface area contributed by atoms with Crippen molar-refractivity contribution in [3.8, 4) is 6.01 Å². The van der Waals surface area contributed by atoms with E-state index in [-0.39, 0.29) is 23.1 Å². The summed E-state index contributed by atoms with van der Waals surface area (Å²) in [6.07, 6.45) is 8.98. The molecule has 3 N–H and O–H groups in total. The Kier molecular flexibility index (Phi) is 5.81. The van der Waals surface area contributed by atoms with Crippen LogP contribution in [0, 0.1) is 11.8 Å². The first-order valence-electron chi connectivity index (χ1n) is 10.9. The first-order valence-corrected chi connectivity index (χ1v) is 10.9. The summed E-state index contributed by atoms with van der Waals surface area (Å²) in [6, 6.07) is 0.257. The summed E-state index contributed by atoms with van der Waals surface area (Å²) in [5.74, 6) is 1.74. The van der Waals surface area contributed by atoms with E-state index >= 15 is 0 Å². The predicted molar refractivity (Wildman–Crippen MR) is 112 cm³/mol. The van der Waals surface area contributed by atoms with Crippen LogP contribution < -0.4 is 16.2 Å². The van der Waals surface area contributed by atoms with Gasteiger partial charge in [0.15, 0.2) is 11.5 Å². The standard InChI is InChI=1S/C21H33N5O3/c1-21(2)13-15(9-12-29-21)5-3-4-10-26-18-16(23-20(26)27)17(22)24-19(25-18)28-11-8-14-6-7-14/h14-15H,3-13H2,1-2H3,(H,23,27)(H2,22,24,25). The zero-order valence-electron chi connectivity index (χ0n) is 17.6. The van der Waals surface area contributed by atoms with Crippen LogP contribution in [0.2, 0.25) is 0 Å². The topological polar surface area (TPSA) is 108 Å². The number of hydrogen-bond donors (Lipinski definition) is 2. The normalized spacial score (nSPS) is 21.5. The Morgan fingerprint density at radius 2 is 2.03 bits per heavy atom. The number of imidazole rings is 1. The average Bonchev–Trinajstić information content (AvgIpc) is 3.42. The van der Waals surface area contributed by atoms with E-state index in [1.807, 2.05) is 0 Å². The molecule has 29 heavy (non-hydrogen) atoms. The van der Waals surface area contributed by atoms with Gasteiger partial charge in [0.2, 0.25) is 0 Å². The molecule has 1 aliphatic carbocycles. The Balaban J connectivity index is 1.36. The fourth-order valence-corrected chi connectivity index (χ4v) is 4.33. The minimum atomic E-state index is -0.191. The molecule has 0 radical (unpaired) electrons. The summed E-state index contributed by atoms with van der Waals surface area (Å²) >= 11 is 0. The second-order valence-corrected chi connectivity index (χ2v) is 9.22. The van der Waals surface area contributed by atoms with Crippen LogP contribution in [0.1, 0.15) is 65.2 Å². The zero-order valence-corrected chi connectivity index (χ0v) is 17.6. The number of nitrogen functional groups attached to an aromatic ring is 1. The van der Waals surface area contributed by atoms with Gasteiger partial charge in [-0.15, -0.1) is 0 Å². The minimum Gasteiger partial charge on any atom is -0.463 e. The molecule has 4 rings (SSSR count). The van der Waals surface area contributed by atoms with Crippen LogP contribution in [-0.4, -0.2) is 38.3 Å². The van der Waals surface area contributed by atoms with E-state index in [0.717, 1.165) is 51.0 Å². The first kappa shape index (κ1) is 20.2. The van der Waals surface area contributed by atoms with Crippen LogP contribution >= 0.6 is 0 Å². The van der Waals surface area contributed by atoms with Gasteiger partial charge in [0.25, 0.3) is 0 Å². The lowest BCUT2D eigenvalue weighted by atomic mass is 9.85. The fraction of sp³-hybridized carbons (Fsp3) is 0.762. The summed E-state index contributed by atoms with van der Waals surface area (Å²) in [6.45, 7) is 6.38. The van der Waals surface area contributed by atoms with Gasteiger partial charge in [-0.1, -0.05) is 25.7 Å². The van der Waals surface area contributed by atoms with E-state index in [2.05, 4.69) is 28.8 Å². The second-order valence-electron chi connectivity index (χ2n) is 9.22. The summed E-state index contributed by atoms with van der Waals surface area (Å²) < 4.78 is 13.2. The maximum atomic E-state index is 12.4. The predicted octanol–water partition coefficient (Wildman–Crippen LogP) is 3.26. The van der Waals surface area contributed by atoms with Crippen molar-refractivity contribution in [2.45, 2.75) is 77.4 Å². The number of aryl methyl sites for hydroxylation is 1. The lowest BCUT2D eigenvalue weighted by molar-refractivity contribution is -0.0738. The molecular weight excluding hydrogens is 370 g/mol. The number of unbranched alkanes of at least 4 members (excludes halogenated alkanes) is 1. The van der Waals surface area contributed by atoms with Crippen molar-refractivity contribution in [3.05, 3.63) is 10.5 Å². The van der Waals surface area contributed by atoms with Gasteiger partial charge in [-0.3, -0.25) is 4.57 Å². The number of hydrogen-bond acceptors (Lipinski definition) is 6. The SMILES string of the molecule is CC1(C)CC(CCCCn2c(=O)[nH]c3c(N)nc(OCCC4CC4)nc32)CCO1. The molecule has 2 fully saturated rings. The van der Waals surface area contributed by atoms with Gasteiger partial charge in [0.05, 0.1) is 12.2 Å². The van der Waals surface area contributed by atoms with Crippen LogP contribution in [0.15, 0.2) is 4.79 Å². The summed E-state index contributed by atoms with van der Waals surface area (Å²) in [4.78, 5) is 23.9. The maximum Gasteiger partial charge on any atom is 0.327 e. The number of nitrogens with zero attached hydrogens (tertiary/aromatic N) is 3. The van der Waals surface area contributed by atoms with Crippen molar-refractivity contribution in [1.29, 1.82) is 0 Å². The molecule has 8 heteroatoms. The lowest BCUT2D eigenvalue weighted by Gasteiger charge is -2.35. The monoisotopic (exact) mass is 403 g/mol. The summed E-state index contributed by atoms with van der Waals surface area (Å²) in [5.41, 5.74) is 6.86. The van der Waals surface area contributed by atoms with Crippen LogP contribution in [0.4, 0.5) is 5.82 Å². The third kappa shape index (κ3) is 5.10. The average molecular weight is 404 g/mol. The van der Waals surface area contributed by atoms with Crippen molar-refractivity contribution < 1.29 is 9.47 Å². The number of ether oxygens (including phenoxy) is 2. The molecule has 0 aromatic carbocycles. The molecule has 1 saturated carbocycles. The molecule has 2 aliphatic rings. The highest BCUT2D eigenvalue weighted by Gasteiger charge is 2.28. The van der Waals surface area contributed by atoms with Gasteiger partial charge in [-0.25, -0.2) is 4.79 Å². The third-order valence-corrected chi connectivity index (χ3v) is 6.13. The van der Waals surface area contributed by atoms with Crippen LogP contribution in [0.3, 0.4) is 0 Å². The Labute approximate surface area is 171 Å². The summed E-state index contributed by atoms with van der Waals surface area (Å²) in [5, 5.41) is 0. The smallest absolute Gasteiger partial charge is 0.327 e. The third-order valence-electron chi connectivity index (χ3n) is 6.13. The molecule has 1 atom stereocenters. The van der Waals surface area contributed by atoms with Crippen LogP contribution in [0.25, 0.3) is 11.2 Å². The molecule has 0 amide bonds. The second kappa shape index (κ2) is 8.34. The largest absolute Gasteiger partial charge is 0.463 e. The number of fused-ring (bicyclic) bond motifs is 1. The van der Waals surface area contributed by atoms with Gasteiger partial charge < -0.3 is 20.2 Å². The zero-order chi connectivity index (χ0) is 20.4. The number of aromatic nitrogens is 4. The molecule has 1 saturated heterocycles. The Hall–Kier alpha value is -2.09. The number of anilines is 1. The van der Waals surface area contributed by atoms with Gasteiger partial charge >= 0.3 is 11.7 Å². The number of nitrogens with two attached hydrogens (primary N) is 1. The van der Waals surface area contributed by atoms with Crippen molar-refractivity contribution in [2.75, 3.05) is 18.9 Å². The lowest BCUT2D eigenvalue weighted by Crippen LogP contribution is -2.33. The Morgan fingerprint density at radius 1 is 1.21 bits per heavy atom. The van der Waals surface area contributed by atoms with E-state index in [4.69, 9.17) is 15.2 Å². The number of nitrogens with one attached hydrogen (secondary N) is 1. The van der Waals surface area contributed by atoms with Crippen molar-refractivity contribution in [1.82, 2.24) is 19.5 Å². The van der Waals surface area contributed by atoms with E-state index in [1.54, 1.807) is 4.57 Å². The molecule has 160 valence electrons. The van der Waals surface area contributed by atoms with Crippen molar-refractivity contribution in [3.63, 3.8) is 0 Å². The molecule has 8 nitrogen and oxygen atoms in total. The van der Waals surface area contributed by atoms with Crippen molar-refractivity contribution >= 4 is 17.0 Å². The van der Waals surface area contributed by atoms with Gasteiger partial charge in [0.1, 0.15) is 5.52 Å². The number of rotatable bonds is 9. The van der Waals surface area contributed by atoms with Gasteiger partial charge in [0, 0.05) is 13.2 Å². The number of H-pyrrole nitrogens is 1. The molecule has 2 aromatic rings. The highest BCUT2D eigenvalue weighted by molar-refractivity contribution is 5.81.